The summed E-state index contributed by atoms with van der Waals surface area (Å²) in [5.74, 6) is 0.591. The Bertz CT molecular complexity index is 337. The lowest BCUT2D eigenvalue weighted by Gasteiger charge is -2.25. The second kappa shape index (κ2) is 6.36. The molecule has 4 N–H and O–H groups in total. The van der Waals surface area contributed by atoms with E-state index in [0.717, 1.165) is 0 Å². The third-order valence-electron chi connectivity index (χ3n) is 2.58. The Hall–Kier alpha value is -1.40. The van der Waals surface area contributed by atoms with Crippen molar-refractivity contribution in [3.8, 4) is 0 Å². The number of rotatable bonds is 6. The highest BCUT2D eigenvalue weighted by atomic mass is 16.3. The van der Waals surface area contributed by atoms with Crippen molar-refractivity contribution < 1.29 is 9.90 Å². The van der Waals surface area contributed by atoms with E-state index < -0.39 is 6.04 Å². The summed E-state index contributed by atoms with van der Waals surface area (Å²) < 4.78 is 0. The third kappa shape index (κ3) is 3.83. The van der Waals surface area contributed by atoms with Crippen molar-refractivity contribution in [2.45, 2.75) is 26.4 Å². The summed E-state index contributed by atoms with van der Waals surface area (Å²) in [5, 5.41) is 8.97. The van der Waals surface area contributed by atoms with Crippen LogP contribution in [-0.2, 0) is 11.3 Å². The number of aromatic nitrogens is 2. The van der Waals surface area contributed by atoms with E-state index in [0.29, 0.717) is 12.4 Å². The predicted molar refractivity (Wildman–Crippen MR) is 63.9 cm³/mol. The monoisotopic (exact) mass is 240 g/mol. The molecular weight excluding hydrogens is 220 g/mol. The van der Waals surface area contributed by atoms with Gasteiger partial charge in [0.25, 0.3) is 0 Å². The maximum Gasteiger partial charge on any atom is 0.240 e. The van der Waals surface area contributed by atoms with Crippen LogP contribution >= 0.6 is 0 Å². The Morgan fingerprint density at radius 2 is 2.35 bits per heavy atom. The maximum atomic E-state index is 12.0. The molecule has 6 nitrogen and oxygen atoms in total. The first-order valence-corrected chi connectivity index (χ1v) is 5.69. The van der Waals surface area contributed by atoms with Crippen LogP contribution in [0.3, 0.4) is 0 Å². The van der Waals surface area contributed by atoms with Crippen LogP contribution in [-0.4, -0.2) is 45.1 Å². The lowest BCUT2D eigenvalue weighted by atomic mass is 10.0. The van der Waals surface area contributed by atoms with Gasteiger partial charge in [-0.15, -0.1) is 0 Å². The van der Waals surface area contributed by atoms with E-state index in [2.05, 4.69) is 9.97 Å². The number of nitrogens with one attached hydrogen (secondary N) is 1. The second-order valence-electron chi connectivity index (χ2n) is 4.29. The van der Waals surface area contributed by atoms with Gasteiger partial charge in [-0.1, -0.05) is 13.8 Å². The van der Waals surface area contributed by atoms with Crippen LogP contribution in [0.15, 0.2) is 12.4 Å². The molecule has 1 aromatic rings. The van der Waals surface area contributed by atoms with Gasteiger partial charge in [0.15, 0.2) is 0 Å². The maximum absolute atomic E-state index is 12.0. The van der Waals surface area contributed by atoms with Crippen LogP contribution in [0, 0.1) is 5.92 Å². The number of imidazole rings is 1. The van der Waals surface area contributed by atoms with E-state index >= 15 is 0 Å². The summed E-state index contributed by atoms with van der Waals surface area (Å²) in [7, 11) is 0. The predicted octanol–water partition coefficient (Wildman–Crippen LogP) is -0.286. The molecule has 0 unspecified atom stereocenters. The van der Waals surface area contributed by atoms with Gasteiger partial charge in [-0.05, 0) is 5.92 Å². The van der Waals surface area contributed by atoms with Crippen LogP contribution in [0.25, 0.3) is 0 Å². The fraction of sp³-hybridized carbons (Fsp3) is 0.636. The van der Waals surface area contributed by atoms with Gasteiger partial charge in [0.05, 0.1) is 19.2 Å². The molecule has 0 spiro atoms. The minimum absolute atomic E-state index is 0.0697. The largest absolute Gasteiger partial charge is 0.395 e. The lowest BCUT2D eigenvalue weighted by molar-refractivity contribution is -0.134. The number of hydrogen-bond acceptors (Lipinski definition) is 4. The van der Waals surface area contributed by atoms with Gasteiger partial charge in [-0.3, -0.25) is 4.79 Å². The number of aliphatic hydroxyl groups excluding tert-OH is 1. The number of hydrogen-bond donors (Lipinski definition) is 3. The molecule has 1 amide bonds. The van der Waals surface area contributed by atoms with Crippen molar-refractivity contribution in [2.24, 2.45) is 11.7 Å². The first kappa shape index (κ1) is 13.7. The number of carbonyl (C=O) groups excluding carboxylic acids is 1. The van der Waals surface area contributed by atoms with Crippen LogP contribution in [0.4, 0.5) is 0 Å². The van der Waals surface area contributed by atoms with Crippen molar-refractivity contribution in [1.29, 1.82) is 0 Å². The fourth-order valence-electron chi connectivity index (χ4n) is 1.45. The Morgan fingerprint density at radius 1 is 1.65 bits per heavy atom. The van der Waals surface area contributed by atoms with Gasteiger partial charge in [-0.25, -0.2) is 4.98 Å². The number of aromatic amines is 1. The topological polar surface area (TPSA) is 95.2 Å². The number of aliphatic hydroxyl groups is 1. The molecule has 0 saturated carbocycles. The number of amides is 1. The van der Waals surface area contributed by atoms with Crippen molar-refractivity contribution >= 4 is 5.91 Å². The SMILES string of the molecule is CC(C)[C@@H](N)C(=O)N(CCO)Cc1ncc[nH]1. The molecule has 6 heteroatoms. The molecule has 0 radical (unpaired) electrons. The van der Waals surface area contributed by atoms with Crippen molar-refractivity contribution in [3.63, 3.8) is 0 Å². The molecule has 0 aliphatic heterocycles. The number of nitrogens with two attached hydrogens (primary N) is 1. The number of nitrogens with zero attached hydrogens (tertiary/aromatic N) is 2. The van der Waals surface area contributed by atoms with Gasteiger partial charge < -0.3 is 20.7 Å². The average Bonchev–Trinajstić information content (AvgIpc) is 2.79. The van der Waals surface area contributed by atoms with Gasteiger partial charge in [0.2, 0.25) is 5.91 Å². The summed E-state index contributed by atoms with van der Waals surface area (Å²) in [6, 6.07) is -0.545. The summed E-state index contributed by atoms with van der Waals surface area (Å²) >= 11 is 0. The standard InChI is InChI=1S/C11H20N4O2/c1-8(2)10(12)11(17)15(5-6-16)7-9-13-3-4-14-9/h3-4,8,10,16H,5-7,12H2,1-2H3,(H,13,14)/t10-/m1/s1. The van der Waals surface area contributed by atoms with Crippen molar-refractivity contribution in [2.75, 3.05) is 13.2 Å². The van der Waals surface area contributed by atoms with E-state index in [-0.39, 0.29) is 25.0 Å². The molecular formula is C11H20N4O2. The van der Waals surface area contributed by atoms with Gasteiger partial charge in [0.1, 0.15) is 5.82 Å². The molecule has 1 heterocycles. The molecule has 96 valence electrons. The molecule has 0 aliphatic rings. The number of carbonyl (C=O) groups is 1. The van der Waals surface area contributed by atoms with E-state index in [1.807, 2.05) is 13.8 Å². The first-order chi connectivity index (χ1) is 8.06. The molecule has 0 aromatic carbocycles. The second-order valence-corrected chi connectivity index (χ2v) is 4.29. The molecule has 1 atom stereocenters. The third-order valence-corrected chi connectivity index (χ3v) is 2.58. The van der Waals surface area contributed by atoms with Gasteiger partial charge in [0, 0.05) is 18.9 Å². The Labute approximate surface area is 101 Å². The highest BCUT2D eigenvalue weighted by Gasteiger charge is 2.23. The Morgan fingerprint density at radius 3 is 2.82 bits per heavy atom. The summed E-state index contributed by atoms with van der Waals surface area (Å²) in [6.45, 7) is 4.31. The molecule has 1 rings (SSSR count). The normalized spacial score (nSPS) is 12.8. The molecule has 1 aromatic heterocycles. The quantitative estimate of drug-likeness (QED) is 0.637. The summed E-state index contributed by atoms with van der Waals surface area (Å²) in [6.07, 6.45) is 3.32. The highest BCUT2D eigenvalue weighted by Crippen LogP contribution is 2.06. The zero-order chi connectivity index (χ0) is 12.8. The van der Waals surface area contributed by atoms with Crippen LogP contribution in [0.1, 0.15) is 19.7 Å². The minimum atomic E-state index is -0.545. The molecule has 0 bridgehead atoms. The van der Waals surface area contributed by atoms with Crippen molar-refractivity contribution in [1.82, 2.24) is 14.9 Å². The van der Waals surface area contributed by atoms with Crippen LogP contribution < -0.4 is 5.73 Å². The average molecular weight is 240 g/mol. The number of H-pyrrole nitrogens is 1. The van der Waals surface area contributed by atoms with Crippen molar-refractivity contribution in [3.05, 3.63) is 18.2 Å². The zero-order valence-electron chi connectivity index (χ0n) is 10.3. The molecule has 0 aliphatic carbocycles. The Kier molecular flexibility index (Phi) is 5.11. The summed E-state index contributed by atoms with van der Waals surface area (Å²) in [5.41, 5.74) is 5.82. The first-order valence-electron chi connectivity index (χ1n) is 5.69. The van der Waals surface area contributed by atoms with Gasteiger partial charge in [-0.2, -0.15) is 0 Å². The fourth-order valence-corrected chi connectivity index (χ4v) is 1.45. The van der Waals surface area contributed by atoms with E-state index in [1.54, 1.807) is 12.4 Å². The lowest BCUT2D eigenvalue weighted by Crippen LogP contribution is -2.47. The van der Waals surface area contributed by atoms with E-state index in [9.17, 15) is 4.79 Å². The minimum Gasteiger partial charge on any atom is -0.395 e. The van der Waals surface area contributed by atoms with E-state index in [1.165, 1.54) is 4.90 Å². The van der Waals surface area contributed by atoms with Gasteiger partial charge >= 0.3 is 0 Å². The van der Waals surface area contributed by atoms with Crippen LogP contribution in [0.5, 0.6) is 0 Å². The molecule has 0 saturated heterocycles. The van der Waals surface area contributed by atoms with E-state index in [4.69, 9.17) is 10.8 Å². The smallest absolute Gasteiger partial charge is 0.240 e. The Balaban J connectivity index is 2.68. The molecule has 17 heavy (non-hydrogen) atoms. The van der Waals surface area contributed by atoms with Crippen LogP contribution in [0.2, 0.25) is 0 Å². The molecule has 0 fully saturated rings. The zero-order valence-corrected chi connectivity index (χ0v) is 10.3. The highest BCUT2D eigenvalue weighted by molar-refractivity contribution is 5.81. The summed E-state index contributed by atoms with van der Waals surface area (Å²) in [4.78, 5) is 20.5.